The minimum atomic E-state index is -4.29. The van der Waals surface area contributed by atoms with E-state index in [1.165, 1.54) is 24.3 Å². The van der Waals surface area contributed by atoms with Crippen molar-refractivity contribution in [2.45, 2.75) is 51.2 Å². The van der Waals surface area contributed by atoms with Crippen molar-refractivity contribution >= 4 is 11.7 Å². The summed E-state index contributed by atoms with van der Waals surface area (Å²) in [5, 5.41) is 7.25. The first kappa shape index (κ1) is 18.6. The van der Waals surface area contributed by atoms with Crippen molar-refractivity contribution in [1.82, 2.24) is 9.78 Å². The smallest absolute Gasteiger partial charge is 0.309 e. The van der Waals surface area contributed by atoms with Gasteiger partial charge in [0.15, 0.2) is 5.82 Å². The van der Waals surface area contributed by atoms with Crippen LogP contribution in [0.15, 0.2) is 24.3 Å². The van der Waals surface area contributed by atoms with Gasteiger partial charge in [-0.2, -0.15) is 18.3 Å². The van der Waals surface area contributed by atoms with Crippen molar-refractivity contribution in [3.05, 3.63) is 35.8 Å². The van der Waals surface area contributed by atoms with Gasteiger partial charge in [0.1, 0.15) is 5.82 Å². The van der Waals surface area contributed by atoms with Crippen LogP contribution >= 0.6 is 0 Å². The maximum absolute atomic E-state index is 13.4. The van der Waals surface area contributed by atoms with E-state index in [4.69, 9.17) is 0 Å². The number of benzene rings is 1. The van der Waals surface area contributed by atoms with E-state index >= 15 is 0 Å². The summed E-state index contributed by atoms with van der Waals surface area (Å²) in [6.45, 7) is 0.134. The van der Waals surface area contributed by atoms with E-state index in [1.807, 2.05) is 0 Å². The Kier molecular flexibility index (Phi) is 4.05. The highest BCUT2D eigenvalue weighted by atomic mass is 19.4. The number of anilines is 1. The number of halogens is 4. The fraction of sp³-hybridized carbons (Fsp3) is 0.524. The van der Waals surface area contributed by atoms with Gasteiger partial charge in [0.05, 0.1) is 5.92 Å². The van der Waals surface area contributed by atoms with Crippen molar-refractivity contribution in [3.8, 4) is 11.1 Å². The summed E-state index contributed by atoms with van der Waals surface area (Å²) >= 11 is 0. The molecule has 1 aromatic heterocycles. The zero-order valence-electron chi connectivity index (χ0n) is 15.7. The van der Waals surface area contributed by atoms with Gasteiger partial charge in [-0.05, 0) is 54.7 Å². The molecule has 3 aliphatic carbocycles. The van der Waals surface area contributed by atoms with E-state index in [-0.39, 0.29) is 36.5 Å². The summed E-state index contributed by atoms with van der Waals surface area (Å²) in [5.41, 5.74) is 1.57. The van der Waals surface area contributed by atoms with E-state index in [1.54, 1.807) is 4.68 Å². The third-order valence-corrected chi connectivity index (χ3v) is 6.74. The normalized spacial score (nSPS) is 27.6. The fourth-order valence-corrected chi connectivity index (χ4v) is 5.18. The molecular formula is C21H21F4N3O. The monoisotopic (exact) mass is 407 g/mol. The number of alkyl halides is 3. The van der Waals surface area contributed by atoms with Gasteiger partial charge in [-0.15, -0.1) is 0 Å². The Bertz CT molecular complexity index is 947. The quantitative estimate of drug-likeness (QED) is 0.730. The second-order valence-corrected chi connectivity index (χ2v) is 8.84. The maximum Gasteiger partial charge on any atom is 0.392 e. The van der Waals surface area contributed by atoms with Crippen molar-refractivity contribution in [2.75, 3.05) is 5.32 Å². The van der Waals surface area contributed by atoms with Crippen LogP contribution in [0.1, 0.15) is 37.8 Å². The molecule has 4 aliphatic rings. The van der Waals surface area contributed by atoms with Gasteiger partial charge in [-0.25, -0.2) is 4.39 Å². The van der Waals surface area contributed by atoms with Crippen LogP contribution in [-0.4, -0.2) is 21.9 Å². The molecule has 0 spiro atoms. The van der Waals surface area contributed by atoms with Gasteiger partial charge >= 0.3 is 6.18 Å². The predicted octanol–water partition coefficient (Wildman–Crippen LogP) is 4.94. The third kappa shape index (κ3) is 3.22. The summed E-state index contributed by atoms with van der Waals surface area (Å²) < 4.78 is 54.9. The summed E-state index contributed by atoms with van der Waals surface area (Å²) in [4.78, 5) is 12.6. The lowest BCUT2D eigenvalue weighted by molar-refractivity contribution is -0.179. The summed E-state index contributed by atoms with van der Waals surface area (Å²) in [6, 6.07) is 5.55. The molecule has 0 radical (unpaired) electrons. The lowest BCUT2D eigenvalue weighted by Gasteiger charge is -2.61. The van der Waals surface area contributed by atoms with Crippen LogP contribution in [0.25, 0.3) is 11.1 Å². The minimum absolute atomic E-state index is 0.0427. The van der Waals surface area contributed by atoms with Crippen LogP contribution in [0, 0.1) is 23.1 Å². The number of carbonyl (C=O) groups excluding carboxylic acids is 1. The van der Waals surface area contributed by atoms with E-state index < -0.39 is 17.9 Å². The van der Waals surface area contributed by atoms with Crippen molar-refractivity contribution < 1.29 is 22.4 Å². The summed E-state index contributed by atoms with van der Waals surface area (Å²) in [7, 11) is 0. The van der Waals surface area contributed by atoms with Crippen LogP contribution in [0.5, 0.6) is 0 Å². The number of carbonyl (C=O) groups is 1. The number of hydrogen-bond donors (Lipinski definition) is 1. The molecule has 3 fully saturated rings. The van der Waals surface area contributed by atoms with Gasteiger partial charge in [0.2, 0.25) is 5.91 Å². The lowest BCUT2D eigenvalue weighted by atomic mass is 9.43. The molecular weight excluding hydrogens is 386 g/mol. The second kappa shape index (κ2) is 6.31. The van der Waals surface area contributed by atoms with E-state index in [9.17, 15) is 22.4 Å². The van der Waals surface area contributed by atoms with Gasteiger partial charge < -0.3 is 5.32 Å². The first-order chi connectivity index (χ1) is 13.7. The summed E-state index contributed by atoms with van der Waals surface area (Å²) in [5.74, 6) is -1.01. The molecule has 6 rings (SSSR count). The average molecular weight is 407 g/mol. The fourth-order valence-electron chi connectivity index (χ4n) is 5.18. The Labute approximate surface area is 165 Å². The molecule has 1 unspecified atom stereocenters. The molecule has 4 nitrogen and oxygen atoms in total. The minimum Gasteiger partial charge on any atom is -0.309 e. The number of nitrogens with zero attached hydrogens (tertiary/aromatic N) is 2. The first-order valence-electron chi connectivity index (χ1n) is 9.95. The highest BCUT2D eigenvalue weighted by Gasteiger charge is 2.57. The number of aromatic nitrogens is 2. The van der Waals surface area contributed by atoms with Gasteiger partial charge in [-0.3, -0.25) is 9.48 Å². The zero-order valence-corrected chi connectivity index (χ0v) is 15.7. The molecule has 1 amide bonds. The maximum atomic E-state index is 13.4. The molecule has 2 aromatic rings. The van der Waals surface area contributed by atoms with Crippen LogP contribution < -0.4 is 5.32 Å². The highest BCUT2D eigenvalue weighted by molar-refractivity contribution is 5.95. The molecule has 8 heteroatoms. The van der Waals surface area contributed by atoms with Crippen LogP contribution in [-0.2, 0) is 17.8 Å². The Morgan fingerprint density at radius 2 is 1.90 bits per heavy atom. The standard InChI is InChI=1S/C21H21F4N3O/c22-15-3-1-13(2-4-15)18-16-7-14(21(23,24)25)5-6-28(16)27-19(18)26-17(29)11-20-8-12(9-20)10-20/h1-4,12,14H,5-11H2,(H,26,27,29). The molecule has 2 bridgehead atoms. The van der Waals surface area contributed by atoms with Crippen molar-refractivity contribution in [3.63, 3.8) is 0 Å². The average Bonchev–Trinajstić information content (AvgIpc) is 2.94. The van der Waals surface area contributed by atoms with E-state index in [0.29, 0.717) is 23.2 Å². The van der Waals surface area contributed by atoms with Gasteiger partial charge in [-0.1, -0.05) is 12.1 Å². The van der Waals surface area contributed by atoms with Crippen molar-refractivity contribution in [1.29, 1.82) is 0 Å². The molecule has 1 N–H and O–H groups in total. The largest absolute Gasteiger partial charge is 0.392 e. The zero-order chi connectivity index (χ0) is 20.4. The number of hydrogen-bond acceptors (Lipinski definition) is 2. The Hall–Kier alpha value is -2.38. The van der Waals surface area contributed by atoms with E-state index in [2.05, 4.69) is 10.4 Å². The van der Waals surface area contributed by atoms with Gasteiger partial charge in [0, 0.05) is 30.6 Å². The lowest BCUT2D eigenvalue weighted by Crippen LogP contribution is -2.53. The topological polar surface area (TPSA) is 46.9 Å². The number of nitrogens with one attached hydrogen (secondary N) is 1. The van der Waals surface area contributed by atoms with Crippen LogP contribution in [0.2, 0.25) is 0 Å². The van der Waals surface area contributed by atoms with Gasteiger partial charge in [0.25, 0.3) is 0 Å². The Morgan fingerprint density at radius 3 is 2.48 bits per heavy atom. The Morgan fingerprint density at radius 1 is 1.21 bits per heavy atom. The van der Waals surface area contributed by atoms with Crippen LogP contribution in [0.3, 0.4) is 0 Å². The molecule has 3 saturated carbocycles. The Balaban J connectivity index is 1.48. The van der Waals surface area contributed by atoms with Crippen LogP contribution in [0.4, 0.5) is 23.4 Å². The number of fused-ring (bicyclic) bond motifs is 1. The molecule has 0 saturated heterocycles. The SMILES string of the molecule is O=C(CC12CC(C1)C2)Nc1nn2c(c1-c1ccc(F)cc1)CC(C(F)(F)F)CC2. The molecule has 154 valence electrons. The second-order valence-electron chi connectivity index (χ2n) is 8.84. The predicted molar refractivity (Wildman–Crippen MR) is 98.5 cm³/mol. The highest BCUT2D eigenvalue weighted by Crippen LogP contribution is 2.66. The first-order valence-corrected chi connectivity index (χ1v) is 9.95. The van der Waals surface area contributed by atoms with Crippen molar-refractivity contribution in [2.24, 2.45) is 17.3 Å². The molecule has 1 atom stereocenters. The third-order valence-electron chi connectivity index (χ3n) is 6.74. The molecule has 1 aliphatic heterocycles. The molecule has 1 aromatic carbocycles. The number of amides is 1. The van der Waals surface area contributed by atoms with E-state index in [0.717, 1.165) is 25.2 Å². The molecule has 2 heterocycles. The number of aryl methyl sites for hydroxylation is 1. The molecule has 29 heavy (non-hydrogen) atoms. The number of rotatable bonds is 4. The summed E-state index contributed by atoms with van der Waals surface area (Å²) in [6.07, 6.45) is -0.874.